The summed E-state index contributed by atoms with van der Waals surface area (Å²) >= 11 is 0. The van der Waals surface area contributed by atoms with Crippen LogP contribution in [0.4, 0.5) is 5.69 Å². The van der Waals surface area contributed by atoms with Gasteiger partial charge in [0.05, 0.1) is 18.3 Å². The molecule has 1 saturated heterocycles. The quantitative estimate of drug-likeness (QED) is 0.796. The third-order valence-electron chi connectivity index (χ3n) is 3.28. The van der Waals surface area contributed by atoms with Crippen LogP contribution < -0.4 is 10.5 Å². The molecular weight excluding hydrogens is 272 g/mol. The van der Waals surface area contributed by atoms with Crippen LogP contribution in [0.1, 0.15) is 13.8 Å². The van der Waals surface area contributed by atoms with Gasteiger partial charge in [-0.15, -0.1) is 0 Å². The molecule has 1 unspecified atom stereocenters. The molecule has 1 aromatic rings. The van der Waals surface area contributed by atoms with Gasteiger partial charge in [-0.1, -0.05) is 0 Å². The van der Waals surface area contributed by atoms with E-state index in [-0.39, 0.29) is 25.2 Å². The topological polar surface area (TPSA) is 85.0 Å². The van der Waals surface area contributed by atoms with Crippen molar-refractivity contribution >= 4 is 11.6 Å². The molecule has 2 rings (SSSR count). The van der Waals surface area contributed by atoms with Gasteiger partial charge in [0.2, 0.25) is 0 Å². The van der Waals surface area contributed by atoms with Gasteiger partial charge < -0.3 is 25.2 Å². The Labute approximate surface area is 124 Å². The van der Waals surface area contributed by atoms with E-state index in [0.29, 0.717) is 24.5 Å². The maximum Gasteiger partial charge on any atom is 0.260 e. The lowest BCUT2D eigenvalue weighted by molar-refractivity contribution is -0.168. The first-order valence-corrected chi connectivity index (χ1v) is 6.94. The summed E-state index contributed by atoms with van der Waals surface area (Å²) in [6, 6.07) is 6.89. The number of benzene rings is 1. The van der Waals surface area contributed by atoms with E-state index in [2.05, 4.69) is 0 Å². The van der Waals surface area contributed by atoms with E-state index in [1.807, 2.05) is 13.8 Å². The molecule has 1 fully saturated rings. The molecule has 6 nitrogen and oxygen atoms in total. The smallest absolute Gasteiger partial charge is 0.260 e. The molecule has 116 valence electrons. The maximum absolute atomic E-state index is 12.2. The molecule has 0 spiro atoms. The molecule has 1 aliphatic rings. The lowest BCUT2D eigenvalue weighted by Crippen LogP contribution is -2.56. The fraction of sp³-hybridized carbons (Fsp3) is 0.533. The average Bonchev–Trinajstić information content (AvgIpc) is 2.44. The molecule has 6 heteroatoms. The van der Waals surface area contributed by atoms with Gasteiger partial charge >= 0.3 is 0 Å². The van der Waals surface area contributed by atoms with Crippen LogP contribution in [0, 0.1) is 0 Å². The van der Waals surface area contributed by atoms with E-state index >= 15 is 0 Å². The fourth-order valence-electron chi connectivity index (χ4n) is 2.38. The Balaban J connectivity index is 1.91. The van der Waals surface area contributed by atoms with Crippen molar-refractivity contribution in [3.63, 3.8) is 0 Å². The molecule has 1 aliphatic heterocycles. The predicted octanol–water partition coefficient (Wildman–Crippen LogP) is 0.646. The first-order chi connectivity index (χ1) is 9.89. The Hall–Kier alpha value is -1.79. The zero-order valence-electron chi connectivity index (χ0n) is 12.4. The van der Waals surface area contributed by atoms with Crippen LogP contribution >= 0.6 is 0 Å². The number of ether oxygens (including phenoxy) is 2. The average molecular weight is 294 g/mol. The van der Waals surface area contributed by atoms with Crippen molar-refractivity contribution in [1.29, 1.82) is 0 Å². The highest BCUT2D eigenvalue weighted by molar-refractivity contribution is 5.78. The summed E-state index contributed by atoms with van der Waals surface area (Å²) in [5, 5.41) is 9.25. The summed E-state index contributed by atoms with van der Waals surface area (Å²) in [5.74, 6) is 0.477. The van der Waals surface area contributed by atoms with Crippen LogP contribution in [0.15, 0.2) is 24.3 Å². The van der Waals surface area contributed by atoms with Gasteiger partial charge in [0.25, 0.3) is 5.91 Å². The Kier molecular flexibility index (Phi) is 4.69. The summed E-state index contributed by atoms with van der Waals surface area (Å²) in [6.07, 6.45) is -0.353. The number of nitrogens with zero attached hydrogens (tertiary/aromatic N) is 1. The maximum atomic E-state index is 12.2. The molecule has 21 heavy (non-hydrogen) atoms. The van der Waals surface area contributed by atoms with E-state index in [9.17, 15) is 9.90 Å². The molecule has 0 aromatic heterocycles. The lowest BCUT2D eigenvalue weighted by Gasteiger charge is -2.42. The first kappa shape index (κ1) is 15.6. The van der Waals surface area contributed by atoms with Gasteiger partial charge in [0.15, 0.2) is 6.61 Å². The SMILES string of the molecule is CC1(C)CN(C(=O)COc2ccc(N)cc2)CC(CO)O1. The molecule has 1 heterocycles. The minimum Gasteiger partial charge on any atom is -0.484 e. The molecule has 0 saturated carbocycles. The monoisotopic (exact) mass is 294 g/mol. The number of carbonyl (C=O) groups is 1. The Bertz CT molecular complexity index is 487. The lowest BCUT2D eigenvalue weighted by atomic mass is 10.1. The number of nitrogen functional groups attached to an aromatic ring is 1. The number of aliphatic hydroxyl groups is 1. The van der Waals surface area contributed by atoms with Crippen LogP contribution in [-0.4, -0.2) is 53.9 Å². The number of aliphatic hydroxyl groups excluding tert-OH is 1. The summed E-state index contributed by atoms with van der Waals surface area (Å²) in [7, 11) is 0. The van der Waals surface area contributed by atoms with Crippen LogP contribution in [0.25, 0.3) is 0 Å². The molecule has 3 N–H and O–H groups in total. The minimum absolute atomic E-state index is 0.0435. The van der Waals surface area contributed by atoms with Gasteiger partial charge in [-0.25, -0.2) is 0 Å². The van der Waals surface area contributed by atoms with Gasteiger partial charge in [-0.2, -0.15) is 0 Å². The second kappa shape index (κ2) is 6.32. The van der Waals surface area contributed by atoms with E-state index < -0.39 is 5.60 Å². The second-order valence-electron chi connectivity index (χ2n) is 5.81. The number of morpholine rings is 1. The molecule has 0 bridgehead atoms. The third-order valence-corrected chi connectivity index (χ3v) is 3.28. The standard InChI is InChI=1S/C15H22N2O4/c1-15(2)10-17(7-13(8-18)21-15)14(19)9-20-12-5-3-11(16)4-6-12/h3-6,13,18H,7-10,16H2,1-2H3. The number of hydrogen-bond acceptors (Lipinski definition) is 5. The van der Waals surface area contributed by atoms with Crippen molar-refractivity contribution in [3.05, 3.63) is 24.3 Å². The number of carbonyl (C=O) groups excluding carboxylic acids is 1. The Morgan fingerprint density at radius 3 is 2.76 bits per heavy atom. The summed E-state index contributed by atoms with van der Waals surface area (Å²) < 4.78 is 11.1. The minimum atomic E-state index is -0.470. The van der Waals surface area contributed by atoms with Crippen molar-refractivity contribution in [2.75, 3.05) is 32.0 Å². The van der Waals surface area contributed by atoms with Gasteiger partial charge in [0, 0.05) is 18.8 Å². The van der Waals surface area contributed by atoms with Gasteiger partial charge in [-0.05, 0) is 38.1 Å². The highest BCUT2D eigenvalue weighted by atomic mass is 16.5. The van der Waals surface area contributed by atoms with Crippen molar-refractivity contribution in [2.24, 2.45) is 0 Å². The fourth-order valence-corrected chi connectivity index (χ4v) is 2.38. The number of rotatable bonds is 4. The molecule has 0 radical (unpaired) electrons. The van der Waals surface area contributed by atoms with Gasteiger partial charge in [-0.3, -0.25) is 4.79 Å². The zero-order valence-corrected chi connectivity index (χ0v) is 12.4. The summed E-state index contributed by atoms with van der Waals surface area (Å²) in [6.45, 7) is 4.51. The van der Waals surface area contributed by atoms with Crippen molar-refractivity contribution < 1.29 is 19.4 Å². The van der Waals surface area contributed by atoms with Gasteiger partial charge in [0.1, 0.15) is 5.75 Å². The highest BCUT2D eigenvalue weighted by Crippen LogP contribution is 2.21. The Morgan fingerprint density at radius 2 is 2.14 bits per heavy atom. The molecule has 1 aromatic carbocycles. The largest absolute Gasteiger partial charge is 0.484 e. The first-order valence-electron chi connectivity index (χ1n) is 6.94. The number of nitrogens with two attached hydrogens (primary N) is 1. The second-order valence-corrected chi connectivity index (χ2v) is 5.81. The number of hydrogen-bond donors (Lipinski definition) is 2. The Morgan fingerprint density at radius 1 is 1.48 bits per heavy atom. The highest BCUT2D eigenvalue weighted by Gasteiger charge is 2.35. The van der Waals surface area contributed by atoms with Crippen LogP contribution in [-0.2, 0) is 9.53 Å². The normalized spacial score (nSPS) is 21.1. The van der Waals surface area contributed by atoms with E-state index in [4.69, 9.17) is 15.2 Å². The van der Waals surface area contributed by atoms with E-state index in [1.165, 1.54) is 0 Å². The molecule has 0 aliphatic carbocycles. The van der Waals surface area contributed by atoms with Crippen molar-refractivity contribution in [1.82, 2.24) is 4.90 Å². The molecular formula is C15H22N2O4. The van der Waals surface area contributed by atoms with Crippen molar-refractivity contribution in [2.45, 2.75) is 25.6 Å². The predicted molar refractivity (Wildman–Crippen MR) is 79.0 cm³/mol. The van der Waals surface area contributed by atoms with Crippen LogP contribution in [0.2, 0.25) is 0 Å². The van der Waals surface area contributed by atoms with Crippen LogP contribution in [0.3, 0.4) is 0 Å². The summed E-state index contributed by atoms with van der Waals surface area (Å²) in [5.41, 5.74) is 5.77. The molecule has 1 atom stereocenters. The van der Waals surface area contributed by atoms with Crippen molar-refractivity contribution in [3.8, 4) is 5.75 Å². The van der Waals surface area contributed by atoms with Crippen LogP contribution in [0.5, 0.6) is 5.75 Å². The van der Waals surface area contributed by atoms with E-state index in [0.717, 1.165) is 0 Å². The zero-order chi connectivity index (χ0) is 15.5. The third kappa shape index (κ3) is 4.34. The molecule has 1 amide bonds. The summed E-state index contributed by atoms with van der Waals surface area (Å²) in [4.78, 5) is 13.9. The number of anilines is 1. The van der Waals surface area contributed by atoms with E-state index in [1.54, 1.807) is 29.2 Å². The number of amides is 1.